The van der Waals surface area contributed by atoms with Gasteiger partial charge >= 0.3 is 0 Å². The fourth-order valence-corrected chi connectivity index (χ4v) is 3.64. The van der Waals surface area contributed by atoms with Crippen molar-refractivity contribution in [2.24, 2.45) is 5.92 Å². The molecular weight excluding hydrogens is 218 g/mol. The Morgan fingerprint density at radius 1 is 1.56 bits per heavy atom. The van der Waals surface area contributed by atoms with Crippen LogP contribution in [0.4, 0.5) is 0 Å². The SMILES string of the molecule is Cc1cc(C(C)N2CCC(CO)C2)c(C)s1. The molecule has 1 aromatic heterocycles. The van der Waals surface area contributed by atoms with Gasteiger partial charge in [0.15, 0.2) is 0 Å². The summed E-state index contributed by atoms with van der Waals surface area (Å²) in [5.41, 5.74) is 1.47. The molecule has 0 bridgehead atoms. The molecule has 0 aliphatic carbocycles. The second kappa shape index (κ2) is 4.86. The van der Waals surface area contributed by atoms with Gasteiger partial charge in [0, 0.05) is 28.9 Å². The van der Waals surface area contributed by atoms with Crippen molar-refractivity contribution in [2.75, 3.05) is 19.7 Å². The average Bonchev–Trinajstić information content (AvgIpc) is 2.84. The molecular formula is C13H21NOS. The van der Waals surface area contributed by atoms with Crippen molar-refractivity contribution in [2.45, 2.75) is 33.2 Å². The van der Waals surface area contributed by atoms with Crippen LogP contribution in [0.25, 0.3) is 0 Å². The molecule has 3 heteroatoms. The van der Waals surface area contributed by atoms with Crippen LogP contribution >= 0.6 is 11.3 Å². The molecule has 0 spiro atoms. The fourth-order valence-electron chi connectivity index (χ4n) is 2.63. The molecule has 0 radical (unpaired) electrons. The Kier molecular flexibility index (Phi) is 3.67. The van der Waals surface area contributed by atoms with Crippen molar-refractivity contribution in [3.05, 3.63) is 21.4 Å². The molecule has 2 rings (SSSR count). The van der Waals surface area contributed by atoms with E-state index < -0.39 is 0 Å². The number of nitrogens with zero attached hydrogens (tertiary/aromatic N) is 1. The van der Waals surface area contributed by atoms with Gasteiger partial charge in [0.05, 0.1) is 0 Å². The largest absolute Gasteiger partial charge is 0.396 e. The van der Waals surface area contributed by atoms with E-state index in [1.165, 1.54) is 15.3 Å². The van der Waals surface area contributed by atoms with Gasteiger partial charge in [-0.15, -0.1) is 11.3 Å². The first-order chi connectivity index (χ1) is 7.61. The second-order valence-electron chi connectivity index (χ2n) is 4.88. The summed E-state index contributed by atoms with van der Waals surface area (Å²) in [6.07, 6.45) is 1.14. The maximum absolute atomic E-state index is 9.17. The summed E-state index contributed by atoms with van der Waals surface area (Å²) in [5, 5.41) is 9.17. The van der Waals surface area contributed by atoms with Gasteiger partial charge in [-0.1, -0.05) is 0 Å². The highest BCUT2D eigenvalue weighted by molar-refractivity contribution is 7.12. The Balaban J connectivity index is 2.08. The van der Waals surface area contributed by atoms with Gasteiger partial charge in [-0.25, -0.2) is 0 Å². The lowest BCUT2D eigenvalue weighted by Gasteiger charge is -2.24. The van der Waals surface area contributed by atoms with E-state index in [0.717, 1.165) is 19.5 Å². The molecule has 1 fully saturated rings. The zero-order chi connectivity index (χ0) is 11.7. The summed E-state index contributed by atoms with van der Waals surface area (Å²) in [4.78, 5) is 5.34. The minimum atomic E-state index is 0.338. The van der Waals surface area contributed by atoms with Crippen LogP contribution in [0.15, 0.2) is 6.07 Å². The Morgan fingerprint density at radius 3 is 2.81 bits per heavy atom. The summed E-state index contributed by atoms with van der Waals surface area (Å²) >= 11 is 1.89. The van der Waals surface area contributed by atoms with E-state index in [9.17, 15) is 5.11 Å². The lowest BCUT2D eigenvalue weighted by atomic mass is 10.1. The molecule has 2 atom stereocenters. The van der Waals surface area contributed by atoms with E-state index in [1.807, 2.05) is 11.3 Å². The lowest BCUT2D eigenvalue weighted by molar-refractivity contribution is 0.204. The van der Waals surface area contributed by atoms with Crippen LogP contribution < -0.4 is 0 Å². The van der Waals surface area contributed by atoms with Gasteiger partial charge in [-0.3, -0.25) is 4.90 Å². The molecule has 0 aromatic carbocycles. The number of aliphatic hydroxyl groups excluding tert-OH is 1. The average molecular weight is 239 g/mol. The lowest BCUT2D eigenvalue weighted by Crippen LogP contribution is -2.25. The Hall–Kier alpha value is -0.380. The van der Waals surface area contributed by atoms with Gasteiger partial charge in [0.25, 0.3) is 0 Å². The van der Waals surface area contributed by atoms with E-state index in [1.54, 1.807) is 0 Å². The molecule has 0 saturated carbocycles. The van der Waals surface area contributed by atoms with E-state index in [-0.39, 0.29) is 0 Å². The highest BCUT2D eigenvalue weighted by Gasteiger charge is 2.27. The molecule has 90 valence electrons. The van der Waals surface area contributed by atoms with Gasteiger partial charge < -0.3 is 5.11 Å². The van der Waals surface area contributed by atoms with E-state index >= 15 is 0 Å². The van der Waals surface area contributed by atoms with E-state index in [0.29, 0.717) is 18.6 Å². The van der Waals surface area contributed by atoms with E-state index in [2.05, 4.69) is 31.7 Å². The third-order valence-electron chi connectivity index (χ3n) is 3.65. The molecule has 1 N–H and O–H groups in total. The van der Waals surface area contributed by atoms with Crippen LogP contribution in [0.2, 0.25) is 0 Å². The number of hydrogen-bond donors (Lipinski definition) is 1. The standard InChI is InChI=1S/C13H21NOS/c1-9-6-13(11(3)16-9)10(2)14-5-4-12(7-14)8-15/h6,10,12,15H,4-5,7-8H2,1-3H3. The molecule has 1 aliphatic heterocycles. The summed E-state index contributed by atoms with van der Waals surface area (Å²) in [7, 11) is 0. The molecule has 2 unspecified atom stereocenters. The van der Waals surface area contributed by atoms with Crippen molar-refractivity contribution in [3.63, 3.8) is 0 Å². The fraction of sp³-hybridized carbons (Fsp3) is 0.692. The van der Waals surface area contributed by atoms with Gasteiger partial charge in [0.2, 0.25) is 0 Å². The van der Waals surface area contributed by atoms with Crippen molar-refractivity contribution in [3.8, 4) is 0 Å². The Bertz CT molecular complexity index is 361. The van der Waals surface area contributed by atoms with Gasteiger partial charge in [0.1, 0.15) is 0 Å². The molecule has 1 aliphatic rings. The number of thiophene rings is 1. The predicted octanol–water partition coefficient (Wildman–Crippen LogP) is 2.74. The number of rotatable bonds is 3. The van der Waals surface area contributed by atoms with E-state index in [4.69, 9.17) is 0 Å². The molecule has 2 heterocycles. The third-order valence-corrected chi connectivity index (χ3v) is 4.63. The molecule has 1 saturated heterocycles. The van der Waals surface area contributed by atoms with Gasteiger partial charge in [-0.2, -0.15) is 0 Å². The van der Waals surface area contributed by atoms with Crippen LogP contribution in [-0.4, -0.2) is 29.7 Å². The Morgan fingerprint density at radius 2 is 2.31 bits per heavy atom. The highest BCUT2D eigenvalue weighted by atomic mass is 32.1. The number of aryl methyl sites for hydroxylation is 2. The van der Waals surface area contributed by atoms with Crippen LogP contribution in [0.3, 0.4) is 0 Å². The summed E-state index contributed by atoms with van der Waals surface area (Å²) in [6.45, 7) is 9.18. The van der Waals surface area contributed by atoms with Crippen molar-refractivity contribution in [1.82, 2.24) is 4.90 Å². The number of hydrogen-bond acceptors (Lipinski definition) is 3. The van der Waals surface area contributed by atoms with Crippen LogP contribution in [0.1, 0.15) is 34.7 Å². The zero-order valence-corrected chi connectivity index (χ0v) is 11.2. The molecule has 0 amide bonds. The monoisotopic (exact) mass is 239 g/mol. The third kappa shape index (κ3) is 2.31. The minimum Gasteiger partial charge on any atom is -0.396 e. The van der Waals surface area contributed by atoms with Crippen LogP contribution in [-0.2, 0) is 0 Å². The van der Waals surface area contributed by atoms with Gasteiger partial charge in [-0.05, 0) is 51.3 Å². The molecule has 1 aromatic rings. The summed E-state index contributed by atoms with van der Waals surface area (Å²) < 4.78 is 0. The van der Waals surface area contributed by atoms with Crippen molar-refractivity contribution < 1.29 is 5.11 Å². The van der Waals surface area contributed by atoms with Crippen molar-refractivity contribution in [1.29, 1.82) is 0 Å². The topological polar surface area (TPSA) is 23.5 Å². The minimum absolute atomic E-state index is 0.338. The zero-order valence-electron chi connectivity index (χ0n) is 10.4. The maximum atomic E-state index is 9.17. The smallest absolute Gasteiger partial charge is 0.0471 e. The normalized spacial score (nSPS) is 23.9. The second-order valence-corrected chi connectivity index (χ2v) is 6.34. The van der Waals surface area contributed by atoms with Crippen LogP contribution in [0.5, 0.6) is 0 Å². The molecule has 16 heavy (non-hydrogen) atoms. The first kappa shape index (κ1) is 12.1. The first-order valence-electron chi connectivity index (χ1n) is 6.03. The maximum Gasteiger partial charge on any atom is 0.0471 e. The quantitative estimate of drug-likeness (QED) is 0.876. The van der Waals surface area contributed by atoms with Crippen LogP contribution in [0, 0.1) is 19.8 Å². The first-order valence-corrected chi connectivity index (χ1v) is 6.85. The Labute approximate surface area is 102 Å². The predicted molar refractivity (Wildman–Crippen MR) is 69.0 cm³/mol. The van der Waals surface area contributed by atoms with Crippen molar-refractivity contribution >= 4 is 11.3 Å². The molecule has 2 nitrogen and oxygen atoms in total. The number of aliphatic hydroxyl groups is 1. The summed E-state index contributed by atoms with van der Waals surface area (Å²) in [6, 6.07) is 2.82. The summed E-state index contributed by atoms with van der Waals surface area (Å²) in [5.74, 6) is 0.488. The highest BCUT2D eigenvalue weighted by Crippen LogP contribution is 2.32. The number of likely N-dealkylation sites (tertiary alicyclic amines) is 1.